The van der Waals surface area contributed by atoms with Gasteiger partial charge in [0, 0.05) is 11.4 Å². The second-order valence-electron chi connectivity index (χ2n) is 9.84. The Morgan fingerprint density at radius 3 is 2.39 bits per heavy atom. The van der Waals surface area contributed by atoms with Crippen LogP contribution in [0.3, 0.4) is 0 Å². The summed E-state index contributed by atoms with van der Waals surface area (Å²) in [5.74, 6) is 0.595. The number of carbonyl (C=O) groups excluding carboxylic acids is 2. The number of rotatable bonds is 7. The molecule has 4 aromatic rings. The van der Waals surface area contributed by atoms with E-state index >= 15 is 0 Å². The number of methoxy groups -OCH3 is 1. The molecule has 2 aromatic heterocycles. The minimum Gasteiger partial charge on any atom is -0.453 e. The summed E-state index contributed by atoms with van der Waals surface area (Å²) in [5.41, 5.74) is 4.51. The lowest BCUT2D eigenvalue weighted by Crippen LogP contribution is -2.51. The fourth-order valence-corrected chi connectivity index (χ4v) is 5.90. The Hall–Kier alpha value is -3.91. The van der Waals surface area contributed by atoms with E-state index in [4.69, 9.17) is 4.74 Å². The number of carbonyl (C=O) groups is 2. The normalized spacial score (nSPS) is 16.0. The Morgan fingerprint density at radius 1 is 1.00 bits per heavy atom. The summed E-state index contributed by atoms with van der Waals surface area (Å²) in [6.45, 7) is 4.46. The Kier molecular flexibility index (Phi) is 7.60. The van der Waals surface area contributed by atoms with Gasteiger partial charge in [-0.25, -0.2) is 9.78 Å². The molecule has 0 aliphatic carbocycles. The highest BCUT2D eigenvalue weighted by Gasteiger charge is 2.37. The summed E-state index contributed by atoms with van der Waals surface area (Å²) in [5, 5.41) is 2.70. The van der Waals surface area contributed by atoms with E-state index in [1.165, 1.54) is 28.7 Å². The number of nitrogens with one attached hydrogen (secondary N) is 2. The minimum atomic E-state index is -0.648. The SMILES string of the molecule is COC(=O)N[C@H](C(=O)N1CCC[C@@H]1c1ncc(-c2ccc(-c3ccc(-c4ccccc4)cc3)s2)[nH]1)C(C)C. The second kappa shape index (κ2) is 11.2. The second-order valence-corrected chi connectivity index (χ2v) is 10.9. The van der Waals surface area contributed by atoms with Gasteiger partial charge in [-0.1, -0.05) is 68.4 Å². The van der Waals surface area contributed by atoms with Crippen molar-refractivity contribution in [1.82, 2.24) is 20.2 Å². The average Bonchev–Trinajstić information content (AvgIpc) is 3.72. The van der Waals surface area contributed by atoms with Crippen molar-refractivity contribution < 1.29 is 14.3 Å². The Balaban J connectivity index is 1.31. The van der Waals surface area contributed by atoms with Crippen LogP contribution >= 0.6 is 11.3 Å². The molecule has 38 heavy (non-hydrogen) atoms. The van der Waals surface area contributed by atoms with Crippen LogP contribution in [-0.2, 0) is 9.53 Å². The molecular formula is C30H32N4O3S. The van der Waals surface area contributed by atoms with Crippen molar-refractivity contribution in [3.63, 3.8) is 0 Å². The maximum absolute atomic E-state index is 13.4. The number of alkyl carbamates (subject to hydrolysis) is 1. The van der Waals surface area contributed by atoms with E-state index in [-0.39, 0.29) is 17.9 Å². The van der Waals surface area contributed by atoms with Gasteiger partial charge in [-0.15, -0.1) is 11.3 Å². The molecule has 0 unspecified atom stereocenters. The van der Waals surface area contributed by atoms with E-state index in [1.807, 2.05) is 31.0 Å². The monoisotopic (exact) mass is 528 g/mol. The van der Waals surface area contributed by atoms with E-state index in [0.717, 1.165) is 29.2 Å². The summed E-state index contributed by atoms with van der Waals surface area (Å²) in [6.07, 6.45) is 2.95. The van der Waals surface area contributed by atoms with Gasteiger partial charge in [-0.3, -0.25) is 4.79 Å². The quantitative estimate of drug-likeness (QED) is 0.286. The highest BCUT2D eigenvalue weighted by atomic mass is 32.1. The average molecular weight is 529 g/mol. The fraction of sp³-hybridized carbons (Fsp3) is 0.300. The zero-order valence-corrected chi connectivity index (χ0v) is 22.6. The molecule has 0 spiro atoms. The van der Waals surface area contributed by atoms with Gasteiger partial charge in [0.2, 0.25) is 5.91 Å². The van der Waals surface area contributed by atoms with Gasteiger partial charge in [0.1, 0.15) is 11.9 Å². The number of amides is 2. The highest BCUT2D eigenvalue weighted by Crippen LogP contribution is 2.37. The topological polar surface area (TPSA) is 87.3 Å². The van der Waals surface area contributed by atoms with Crippen LogP contribution in [0.4, 0.5) is 4.79 Å². The van der Waals surface area contributed by atoms with Crippen molar-refractivity contribution in [2.75, 3.05) is 13.7 Å². The first-order valence-electron chi connectivity index (χ1n) is 12.9. The van der Waals surface area contributed by atoms with Gasteiger partial charge < -0.3 is 19.9 Å². The molecule has 1 aliphatic rings. The Bertz CT molecular complexity index is 1390. The summed E-state index contributed by atoms with van der Waals surface area (Å²) < 4.78 is 4.73. The lowest BCUT2D eigenvalue weighted by molar-refractivity contribution is -0.135. The Morgan fingerprint density at radius 2 is 1.68 bits per heavy atom. The van der Waals surface area contributed by atoms with Gasteiger partial charge in [0.15, 0.2) is 0 Å². The van der Waals surface area contributed by atoms with Gasteiger partial charge in [0.25, 0.3) is 0 Å². The van der Waals surface area contributed by atoms with E-state index in [9.17, 15) is 9.59 Å². The van der Waals surface area contributed by atoms with Crippen LogP contribution in [0.5, 0.6) is 0 Å². The van der Waals surface area contributed by atoms with Crippen molar-refractivity contribution in [2.45, 2.75) is 38.8 Å². The van der Waals surface area contributed by atoms with Crippen LogP contribution in [0.15, 0.2) is 72.9 Å². The number of aromatic amines is 1. The number of imidazole rings is 1. The maximum Gasteiger partial charge on any atom is 0.407 e. The molecule has 2 atom stereocenters. The number of benzene rings is 2. The summed E-state index contributed by atoms with van der Waals surface area (Å²) >= 11 is 1.71. The summed E-state index contributed by atoms with van der Waals surface area (Å²) in [7, 11) is 1.30. The number of thiophene rings is 1. The van der Waals surface area contributed by atoms with Crippen LogP contribution < -0.4 is 5.32 Å². The number of ether oxygens (including phenoxy) is 1. The number of hydrogen-bond acceptors (Lipinski definition) is 5. The van der Waals surface area contributed by atoms with Gasteiger partial charge in [-0.2, -0.15) is 0 Å². The molecule has 1 saturated heterocycles. The van der Waals surface area contributed by atoms with Crippen LogP contribution in [-0.4, -0.2) is 46.6 Å². The summed E-state index contributed by atoms with van der Waals surface area (Å²) in [4.78, 5) is 37.4. The third-order valence-electron chi connectivity index (χ3n) is 6.99. The van der Waals surface area contributed by atoms with Crippen molar-refractivity contribution in [3.8, 4) is 32.1 Å². The van der Waals surface area contributed by atoms with Gasteiger partial charge >= 0.3 is 6.09 Å². The molecule has 3 heterocycles. The van der Waals surface area contributed by atoms with Gasteiger partial charge in [-0.05, 0) is 47.6 Å². The van der Waals surface area contributed by atoms with Crippen molar-refractivity contribution in [1.29, 1.82) is 0 Å². The van der Waals surface area contributed by atoms with E-state index < -0.39 is 12.1 Å². The molecule has 8 heteroatoms. The molecule has 0 bridgehead atoms. The third-order valence-corrected chi connectivity index (χ3v) is 8.15. The molecule has 2 aromatic carbocycles. The van der Waals surface area contributed by atoms with Crippen molar-refractivity contribution in [3.05, 3.63) is 78.8 Å². The molecule has 1 aliphatic heterocycles. The maximum atomic E-state index is 13.4. The highest BCUT2D eigenvalue weighted by molar-refractivity contribution is 7.18. The minimum absolute atomic E-state index is 0.0682. The van der Waals surface area contributed by atoms with Crippen LogP contribution in [0.2, 0.25) is 0 Å². The zero-order chi connectivity index (χ0) is 26.6. The first-order chi connectivity index (χ1) is 18.4. The molecule has 7 nitrogen and oxygen atoms in total. The number of likely N-dealkylation sites (tertiary alicyclic amines) is 1. The summed E-state index contributed by atoms with van der Waals surface area (Å²) in [6, 6.07) is 22.4. The predicted molar refractivity (Wildman–Crippen MR) is 151 cm³/mol. The molecular weight excluding hydrogens is 496 g/mol. The fourth-order valence-electron chi connectivity index (χ4n) is 4.92. The number of hydrogen-bond donors (Lipinski definition) is 2. The van der Waals surface area contributed by atoms with E-state index in [1.54, 1.807) is 11.3 Å². The molecule has 1 fully saturated rings. The molecule has 0 radical (unpaired) electrons. The lowest BCUT2D eigenvalue weighted by atomic mass is 10.0. The molecule has 2 amide bonds. The molecule has 5 rings (SSSR count). The van der Waals surface area contributed by atoms with E-state index in [0.29, 0.717) is 6.54 Å². The van der Waals surface area contributed by atoms with Crippen LogP contribution in [0.1, 0.15) is 38.6 Å². The number of nitrogens with zero attached hydrogens (tertiary/aromatic N) is 2. The first kappa shape index (κ1) is 25.7. The standard InChI is InChI=1S/C30H32N4O3S/c1-19(2)27(33-30(36)37-3)29(35)34-17-7-10-24(34)28-31-18-23(32-28)26-16-15-25(38-26)22-13-11-21(12-14-22)20-8-5-4-6-9-20/h4-6,8-9,11-16,18-19,24,27H,7,10,17H2,1-3H3,(H,31,32)(H,33,36)/t24-,27+/m1/s1. The molecule has 196 valence electrons. The third kappa shape index (κ3) is 5.36. The smallest absolute Gasteiger partial charge is 0.407 e. The number of aromatic nitrogens is 2. The van der Waals surface area contributed by atoms with Crippen LogP contribution in [0.25, 0.3) is 32.1 Å². The first-order valence-corrected chi connectivity index (χ1v) is 13.7. The number of H-pyrrole nitrogens is 1. The van der Waals surface area contributed by atoms with Crippen molar-refractivity contribution >= 4 is 23.3 Å². The lowest BCUT2D eigenvalue weighted by Gasteiger charge is -2.30. The molecule has 2 N–H and O–H groups in total. The van der Waals surface area contributed by atoms with Gasteiger partial charge in [0.05, 0.1) is 29.9 Å². The largest absolute Gasteiger partial charge is 0.453 e. The Labute approximate surface area is 226 Å². The zero-order valence-electron chi connectivity index (χ0n) is 21.8. The van der Waals surface area contributed by atoms with Crippen molar-refractivity contribution in [2.24, 2.45) is 5.92 Å². The predicted octanol–water partition coefficient (Wildman–Crippen LogP) is 6.52. The van der Waals surface area contributed by atoms with Crippen LogP contribution in [0, 0.1) is 5.92 Å². The van der Waals surface area contributed by atoms with E-state index in [2.05, 4.69) is 75.9 Å². The molecule has 0 saturated carbocycles.